The van der Waals surface area contributed by atoms with E-state index in [0.29, 0.717) is 12.0 Å². The van der Waals surface area contributed by atoms with E-state index in [1.54, 1.807) is 0 Å². The van der Waals surface area contributed by atoms with Gasteiger partial charge in [-0.1, -0.05) is 31.2 Å². The summed E-state index contributed by atoms with van der Waals surface area (Å²) in [5, 5.41) is 10.8. The van der Waals surface area contributed by atoms with E-state index in [1.165, 1.54) is 18.4 Å². The van der Waals surface area contributed by atoms with Gasteiger partial charge in [0, 0.05) is 19.2 Å². The van der Waals surface area contributed by atoms with Crippen molar-refractivity contribution in [1.82, 2.24) is 4.90 Å². The standard InChI is InChI=1S/C18H27NO2/c1-13-11-17(18(20)16-9-4-3-8-15(13)16)19(2)12-14-7-5-6-10-21-14/h3-4,8-9,13-14,17-18,20H,5-7,10-12H2,1-2H3. The van der Waals surface area contributed by atoms with Crippen molar-refractivity contribution in [3.05, 3.63) is 35.4 Å². The maximum absolute atomic E-state index is 10.8. The van der Waals surface area contributed by atoms with Crippen LogP contribution in [0.15, 0.2) is 24.3 Å². The number of benzene rings is 1. The van der Waals surface area contributed by atoms with Crippen LogP contribution in [0, 0.1) is 0 Å². The zero-order chi connectivity index (χ0) is 14.8. The maximum atomic E-state index is 10.8. The van der Waals surface area contributed by atoms with Gasteiger partial charge in [-0.05, 0) is 49.8 Å². The molecule has 4 atom stereocenters. The molecule has 4 unspecified atom stereocenters. The molecule has 1 aromatic rings. The Morgan fingerprint density at radius 1 is 1.24 bits per heavy atom. The number of aliphatic hydroxyl groups is 1. The number of rotatable bonds is 3. The van der Waals surface area contributed by atoms with Crippen molar-refractivity contribution in [1.29, 1.82) is 0 Å². The van der Waals surface area contributed by atoms with Crippen LogP contribution in [-0.4, -0.2) is 42.4 Å². The predicted octanol–water partition coefficient (Wildman–Crippen LogP) is 3.10. The number of fused-ring (bicyclic) bond motifs is 1. The highest BCUT2D eigenvalue weighted by Crippen LogP contribution is 2.39. The summed E-state index contributed by atoms with van der Waals surface area (Å²) in [5.41, 5.74) is 2.42. The van der Waals surface area contributed by atoms with E-state index in [4.69, 9.17) is 4.74 Å². The summed E-state index contributed by atoms with van der Waals surface area (Å²) in [6, 6.07) is 8.53. The molecule has 3 nitrogen and oxygen atoms in total. The molecule has 2 aliphatic rings. The van der Waals surface area contributed by atoms with Crippen LogP contribution >= 0.6 is 0 Å². The molecular weight excluding hydrogens is 262 g/mol. The molecule has 1 aliphatic carbocycles. The lowest BCUT2D eigenvalue weighted by molar-refractivity contribution is -0.0285. The second-order valence-corrected chi connectivity index (χ2v) is 6.71. The van der Waals surface area contributed by atoms with Crippen LogP contribution in [0.5, 0.6) is 0 Å². The fourth-order valence-corrected chi connectivity index (χ4v) is 3.88. The Morgan fingerprint density at radius 2 is 2.00 bits per heavy atom. The molecule has 0 radical (unpaired) electrons. The van der Waals surface area contributed by atoms with Gasteiger partial charge in [-0.25, -0.2) is 0 Å². The number of likely N-dealkylation sites (N-methyl/N-ethyl adjacent to an activating group) is 1. The first-order valence-corrected chi connectivity index (χ1v) is 8.25. The van der Waals surface area contributed by atoms with Gasteiger partial charge in [-0.2, -0.15) is 0 Å². The number of hydrogen-bond donors (Lipinski definition) is 1. The van der Waals surface area contributed by atoms with Crippen molar-refractivity contribution in [2.24, 2.45) is 0 Å². The smallest absolute Gasteiger partial charge is 0.0948 e. The van der Waals surface area contributed by atoms with Gasteiger partial charge in [0.25, 0.3) is 0 Å². The molecule has 21 heavy (non-hydrogen) atoms. The third-order valence-electron chi connectivity index (χ3n) is 5.14. The topological polar surface area (TPSA) is 32.7 Å². The molecular formula is C18H27NO2. The minimum Gasteiger partial charge on any atom is -0.387 e. The number of ether oxygens (including phenoxy) is 1. The molecule has 0 spiro atoms. The van der Waals surface area contributed by atoms with Gasteiger partial charge in [-0.3, -0.25) is 4.90 Å². The van der Waals surface area contributed by atoms with Crippen molar-refractivity contribution < 1.29 is 9.84 Å². The van der Waals surface area contributed by atoms with E-state index in [-0.39, 0.29) is 12.1 Å². The van der Waals surface area contributed by atoms with Gasteiger partial charge in [0.15, 0.2) is 0 Å². The zero-order valence-corrected chi connectivity index (χ0v) is 13.2. The lowest BCUT2D eigenvalue weighted by atomic mass is 9.79. The summed E-state index contributed by atoms with van der Waals surface area (Å²) in [7, 11) is 2.13. The lowest BCUT2D eigenvalue weighted by Crippen LogP contribution is -2.45. The minimum atomic E-state index is -0.383. The van der Waals surface area contributed by atoms with Gasteiger partial charge in [0.1, 0.15) is 0 Å². The Hall–Kier alpha value is -0.900. The summed E-state index contributed by atoms with van der Waals surface area (Å²) in [4.78, 5) is 2.31. The summed E-state index contributed by atoms with van der Waals surface area (Å²) in [6.45, 7) is 4.09. The molecule has 0 saturated carbocycles. The molecule has 1 N–H and O–H groups in total. The first-order valence-electron chi connectivity index (χ1n) is 8.25. The molecule has 1 heterocycles. The van der Waals surface area contributed by atoms with Crippen LogP contribution in [0.1, 0.15) is 55.8 Å². The third kappa shape index (κ3) is 3.15. The zero-order valence-electron chi connectivity index (χ0n) is 13.2. The van der Waals surface area contributed by atoms with Crippen LogP contribution in [0.4, 0.5) is 0 Å². The largest absolute Gasteiger partial charge is 0.387 e. The normalized spacial score (nSPS) is 33.0. The fraction of sp³-hybridized carbons (Fsp3) is 0.667. The van der Waals surface area contributed by atoms with Gasteiger partial charge in [-0.15, -0.1) is 0 Å². The molecule has 3 rings (SSSR count). The summed E-state index contributed by atoms with van der Waals surface area (Å²) < 4.78 is 5.85. The first-order chi connectivity index (χ1) is 10.2. The molecule has 0 amide bonds. The Bertz CT molecular complexity index is 470. The van der Waals surface area contributed by atoms with Crippen LogP contribution in [0.2, 0.25) is 0 Å². The molecule has 1 aromatic carbocycles. The molecule has 0 aromatic heterocycles. The molecule has 116 valence electrons. The Labute approximate surface area is 127 Å². The van der Waals surface area contributed by atoms with E-state index in [1.807, 2.05) is 6.07 Å². The SMILES string of the molecule is CC1CC(N(C)CC2CCCCO2)C(O)c2ccccc21. The fourth-order valence-electron chi connectivity index (χ4n) is 3.88. The average Bonchev–Trinajstić information content (AvgIpc) is 2.52. The summed E-state index contributed by atoms with van der Waals surface area (Å²) in [6.07, 6.45) is 4.58. The molecule has 1 aliphatic heterocycles. The van der Waals surface area contributed by atoms with Crippen LogP contribution in [0.3, 0.4) is 0 Å². The molecule has 1 fully saturated rings. The highest BCUT2D eigenvalue weighted by Gasteiger charge is 2.34. The highest BCUT2D eigenvalue weighted by atomic mass is 16.5. The van der Waals surface area contributed by atoms with E-state index in [9.17, 15) is 5.11 Å². The van der Waals surface area contributed by atoms with Gasteiger partial charge >= 0.3 is 0 Å². The van der Waals surface area contributed by atoms with Crippen LogP contribution < -0.4 is 0 Å². The van der Waals surface area contributed by atoms with Crippen molar-refractivity contribution in [3.8, 4) is 0 Å². The number of nitrogens with zero attached hydrogens (tertiary/aromatic N) is 1. The summed E-state index contributed by atoms with van der Waals surface area (Å²) >= 11 is 0. The third-order valence-corrected chi connectivity index (χ3v) is 5.14. The Morgan fingerprint density at radius 3 is 2.71 bits per heavy atom. The number of hydrogen-bond acceptors (Lipinski definition) is 3. The quantitative estimate of drug-likeness (QED) is 0.928. The van der Waals surface area contributed by atoms with Crippen LogP contribution in [0.25, 0.3) is 0 Å². The lowest BCUT2D eigenvalue weighted by Gasteiger charge is -2.40. The van der Waals surface area contributed by atoms with Crippen molar-refractivity contribution >= 4 is 0 Å². The second-order valence-electron chi connectivity index (χ2n) is 6.71. The van der Waals surface area contributed by atoms with E-state index in [0.717, 1.165) is 31.6 Å². The van der Waals surface area contributed by atoms with Gasteiger partial charge in [0.2, 0.25) is 0 Å². The van der Waals surface area contributed by atoms with Crippen molar-refractivity contribution in [2.45, 2.75) is 56.8 Å². The molecule has 0 bridgehead atoms. The van der Waals surface area contributed by atoms with Crippen LogP contribution in [-0.2, 0) is 4.74 Å². The second kappa shape index (κ2) is 6.47. The monoisotopic (exact) mass is 289 g/mol. The first kappa shape index (κ1) is 15.0. The van der Waals surface area contributed by atoms with Crippen molar-refractivity contribution in [3.63, 3.8) is 0 Å². The van der Waals surface area contributed by atoms with E-state index >= 15 is 0 Å². The van der Waals surface area contributed by atoms with E-state index in [2.05, 4.69) is 37.1 Å². The average molecular weight is 289 g/mol. The van der Waals surface area contributed by atoms with Gasteiger partial charge < -0.3 is 9.84 Å². The van der Waals surface area contributed by atoms with Crippen molar-refractivity contribution in [2.75, 3.05) is 20.2 Å². The maximum Gasteiger partial charge on any atom is 0.0948 e. The molecule has 1 saturated heterocycles. The Kier molecular flexibility index (Phi) is 4.63. The highest BCUT2D eigenvalue weighted by molar-refractivity contribution is 5.35. The number of aliphatic hydroxyl groups excluding tert-OH is 1. The predicted molar refractivity (Wildman–Crippen MR) is 84.4 cm³/mol. The summed E-state index contributed by atoms with van der Waals surface area (Å²) in [5.74, 6) is 0.504. The molecule has 3 heteroatoms. The van der Waals surface area contributed by atoms with Gasteiger partial charge in [0.05, 0.1) is 12.2 Å². The minimum absolute atomic E-state index is 0.195. The Balaban J connectivity index is 1.71. The van der Waals surface area contributed by atoms with E-state index < -0.39 is 0 Å².